The highest BCUT2D eigenvalue weighted by Gasteiger charge is 2.13. The van der Waals surface area contributed by atoms with Crippen LogP contribution in [0.4, 0.5) is 5.82 Å². The minimum Gasteiger partial charge on any atom is -0.348 e. The molecule has 7 nitrogen and oxygen atoms in total. The minimum atomic E-state index is -0.174. The predicted octanol–water partition coefficient (Wildman–Crippen LogP) is 0.951. The maximum Gasteiger partial charge on any atom is 0.239 e. The molecule has 8 heteroatoms. The summed E-state index contributed by atoms with van der Waals surface area (Å²) in [5.41, 5.74) is 0. The summed E-state index contributed by atoms with van der Waals surface area (Å²) < 4.78 is 1.74. The van der Waals surface area contributed by atoms with Gasteiger partial charge in [-0.2, -0.15) is 5.10 Å². The van der Waals surface area contributed by atoms with Crippen LogP contribution < -0.4 is 5.32 Å². The van der Waals surface area contributed by atoms with Crippen LogP contribution in [-0.4, -0.2) is 65.6 Å². The monoisotopic (exact) mass is 335 g/mol. The predicted molar refractivity (Wildman–Crippen MR) is 90.5 cm³/mol. The van der Waals surface area contributed by atoms with Gasteiger partial charge in [-0.15, -0.1) is 11.3 Å². The zero-order valence-electron chi connectivity index (χ0n) is 13.5. The molecular formula is C15H21N5O2S. The first-order chi connectivity index (χ1) is 11.0. The average molecular weight is 335 g/mol. The van der Waals surface area contributed by atoms with Gasteiger partial charge in [0.25, 0.3) is 0 Å². The second-order valence-electron chi connectivity index (χ2n) is 5.46. The summed E-state index contributed by atoms with van der Waals surface area (Å²) >= 11 is 1.64. The standard InChI is InChI=1S/C15H21N5O2S/c1-18(2)15(22)11-19(3)10-14(21)17-13-6-7-16-20(13)9-12-5-4-8-23-12/h4-8H,9-11H2,1-3H3,(H,17,21). The molecule has 23 heavy (non-hydrogen) atoms. The van der Waals surface area contributed by atoms with Crippen LogP contribution in [-0.2, 0) is 16.1 Å². The number of anilines is 1. The van der Waals surface area contributed by atoms with Crippen molar-refractivity contribution >= 4 is 29.0 Å². The van der Waals surface area contributed by atoms with Gasteiger partial charge in [-0.3, -0.25) is 14.5 Å². The fraction of sp³-hybridized carbons (Fsp3) is 0.400. The average Bonchev–Trinajstić information content (AvgIpc) is 3.11. The van der Waals surface area contributed by atoms with E-state index in [9.17, 15) is 9.59 Å². The highest BCUT2D eigenvalue weighted by atomic mass is 32.1. The minimum absolute atomic E-state index is 0.0389. The van der Waals surface area contributed by atoms with Crippen LogP contribution in [0.3, 0.4) is 0 Å². The molecule has 2 rings (SSSR count). The summed E-state index contributed by atoms with van der Waals surface area (Å²) in [7, 11) is 5.13. The smallest absolute Gasteiger partial charge is 0.239 e. The third kappa shape index (κ3) is 5.19. The lowest BCUT2D eigenvalue weighted by Crippen LogP contribution is -2.38. The Kier molecular flexibility index (Phi) is 5.89. The first-order valence-corrected chi connectivity index (χ1v) is 8.06. The van der Waals surface area contributed by atoms with Crippen molar-refractivity contribution in [3.63, 3.8) is 0 Å². The van der Waals surface area contributed by atoms with E-state index in [1.165, 1.54) is 4.90 Å². The molecule has 0 atom stereocenters. The van der Waals surface area contributed by atoms with Gasteiger partial charge in [0, 0.05) is 25.0 Å². The van der Waals surface area contributed by atoms with Crippen LogP contribution in [0.15, 0.2) is 29.8 Å². The van der Waals surface area contributed by atoms with Crippen LogP contribution in [0.2, 0.25) is 0 Å². The summed E-state index contributed by atoms with van der Waals surface area (Å²) in [6.07, 6.45) is 1.66. The lowest BCUT2D eigenvalue weighted by molar-refractivity contribution is -0.130. The quantitative estimate of drug-likeness (QED) is 0.818. The van der Waals surface area contributed by atoms with Gasteiger partial charge in [-0.1, -0.05) is 6.07 Å². The van der Waals surface area contributed by atoms with E-state index in [4.69, 9.17) is 0 Å². The van der Waals surface area contributed by atoms with Crippen molar-refractivity contribution in [3.05, 3.63) is 34.7 Å². The maximum absolute atomic E-state index is 12.1. The number of likely N-dealkylation sites (N-methyl/N-ethyl adjacent to an activating group) is 2. The molecule has 0 aliphatic heterocycles. The van der Waals surface area contributed by atoms with Gasteiger partial charge in [0.2, 0.25) is 11.8 Å². The van der Waals surface area contributed by atoms with Crippen LogP contribution in [0, 0.1) is 0 Å². The molecule has 0 unspecified atom stereocenters. The van der Waals surface area contributed by atoms with Crippen LogP contribution in [0.5, 0.6) is 0 Å². The molecule has 0 spiro atoms. The molecule has 0 fully saturated rings. The lowest BCUT2D eigenvalue weighted by Gasteiger charge is -2.18. The molecule has 2 aromatic rings. The number of carbonyl (C=O) groups is 2. The van der Waals surface area contributed by atoms with Crippen molar-refractivity contribution in [2.24, 2.45) is 0 Å². The van der Waals surface area contributed by atoms with Gasteiger partial charge in [-0.25, -0.2) is 4.68 Å². The zero-order chi connectivity index (χ0) is 16.8. The Balaban J connectivity index is 1.88. The normalized spacial score (nSPS) is 10.8. The fourth-order valence-electron chi connectivity index (χ4n) is 1.97. The molecule has 2 aromatic heterocycles. The second kappa shape index (κ2) is 7.89. The van der Waals surface area contributed by atoms with E-state index in [0.717, 1.165) is 4.88 Å². The Labute approximate surface area is 139 Å². The molecule has 0 saturated heterocycles. The molecular weight excluding hydrogens is 314 g/mol. The Hall–Kier alpha value is -2.19. The zero-order valence-corrected chi connectivity index (χ0v) is 14.3. The van der Waals surface area contributed by atoms with E-state index in [0.29, 0.717) is 12.4 Å². The van der Waals surface area contributed by atoms with Crippen molar-refractivity contribution in [1.82, 2.24) is 19.6 Å². The molecule has 0 aliphatic carbocycles. The largest absolute Gasteiger partial charge is 0.348 e. The Morgan fingerprint density at radius 2 is 2.04 bits per heavy atom. The number of rotatable bonds is 7. The molecule has 0 aliphatic rings. The molecule has 0 aromatic carbocycles. The highest BCUT2D eigenvalue weighted by Crippen LogP contribution is 2.14. The number of carbonyl (C=O) groups excluding carboxylic acids is 2. The third-order valence-electron chi connectivity index (χ3n) is 3.19. The van der Waals surface area contributed by atoms with Crippen molar-refractivity contribution in [2.45, 2.75) is 6.54 Å². The van der Waals surface area contributed by atoms with Gasteiger partial charge in [0.15, 0.2) is 0 Å². The topological polar surface area (TPSA) is 70.5 Å². The van der Waals surface area contributed by atoms with Crippen molar-refractivity contribution in [1.29, 1.82) is 0 Å². The lowest BCUT2D eigenvalue weighted by atomic mass is 10.4. The van der Waals surface area contributed by atoms with E-state index in [-0.39, 0.29) is 24.9 Å². The Bertz CT molecular complexity index is 651. The molecule has 0 radical (unpaired) electrons. The second-order valence-corrected chi connectivity index (χ2v) is 6.49. The van der Waals surface area contributed by atoms with Crippen molar-refractivity contribution in [2.75, 3.05) is 39.5 Å². The first-order valence-electron chi connectivity index (χ1n) is 7.18. The summed E-state index contributed by atoms with van der Waals surface area (Å²) in [4.78, 5) is 28.1. The summed E-state index contributed by atoms with van der Waals surface area (Å²) in [5, 5.41) is 9.07. The molecule has 1 N–H and O–H groups in total. The number of nitrogens with one attached hydrogen (secondary N) is 1. The number of hydrogen-bond donors (Lipinski definition) is 1. The van der Waals surface area contributed by atoms with Gasteiger partial charge in [-0.05, 0) is 18.5 Å². The Morgan fingerprint density at radius 1 is 1.26 bits per heavy atom. The van der Waals surface area contributed by atoms with Crippen LogP contribution in [0.1, 0.15) is 4.88 Å². The van der Waals surface area contributed by atoms with E-state index >= 15 is 0 Å². The molecule has 0 saturated carbocycles. The highest BCUT2D eigenvalue weighted by molar-refractivity contribution is 7.09. The molecule has 124 valence electrons. The summed E-state index contributed by atoms with van der Waals surface area (Å²) in [6, 6.07) is 5.77. The van der Waals surface area contributed by atoms with Crippen molar-refractivity contribution < 1.29 is 9.59 Å². The third-order valence-corrected chi connectivity index (χ3v) is 4.05. The SMILES string of the molecule is CN(CC(=O)Nc1ccnn1Cc1cccs1)CC(=O)N(C)C. The number of aromatic nitrogens is 2. The van der Waals surface area contributed by atoms with Gasteiger partial charge >= 0.3 is 0 Å². The van der Waals surface area contributed by atoms with Crippen LogP contribution >= 0.6 is 11.3 Å². The maximum atomic E-state index is 12.1. The van der Waals surface area contributed by atoms with E-state index in [1.54, 1.807) is 54.3 Å². The fourth-order valence-corrected chi connectivity index (χ4v) is 2.66. The van der Waals surface area contributed by atoms with E-state index < -0.39 is 0 Å². The first kappa shape index (κ1) is 17.2. The van der Waals surface area contributed by atoms with E-state index in [2.05, 4.69) is 10.4 Å². The number of thiophene rings is 1. The van der Waals surface area contributed by atoms with Crippen molar-refractivity contribution in [3.8, 4) is 0 Å². The van der Waals surface area contributed by atoms with Gasteiger partial charge < -0.3 is 10.2 Å². The molecule has 2 heterocycles. The number of amides is 2. The summed E-state index contributed by atoms with van der Waals surface area (Å²) in [6.45, 7) is 0.966. The van der Waals surface area contributed by atoms with Gasteiger partial charge in [0.05, 0.1) is 25.8 Å². The number of nitrogens with zero attached hydrogens (tertiary/aromatic N) is 4. The summed E-state index contributed by atoms with van der Waals surface area (Å²) in [5.74, 6) is 0.436. The molecule has 0 bridgehead atoms. The van der Waals surface area contributed by atoms with Gasteiger partial charge in [0.1, 0.15) is 5.82 Å². The van der Waals surface area contributed by atoms with Crippen LogP contribution in [0.25, 0.3) is 0 Å². The Morgan fingerprint density at radius 3 is 2.70 bits per heavy atom. The molecule has 2 amide bonds. The van der Waals surface area contributed by atoms with E-state index in [1.807, 2.05) is 17.5 Å². The number of hydrogen-bond acceptors (Lipinski definition) is 5.